The number of carbonyl (C=O) groups is 1. The van der Waals surface area contributed by atoms with Gasteiger partial charge in [-0.3, -0.25) is 9.78 Å². The minimum Gasteiger partial charge on any atom is -0.368 e. The zero-order valence-corrected chi connectivity index (χ0v) is 15.7. The van der Waals surface area contributed by atoms with Gasteiger partial charge >= 0.3 is 0 Å². The van der Waals surface area contributed by atoms with Gasteiger partial charge in [0.1, 0.15) is 0 Å². The number of nitrogen functional groups attached to an aromatic ring is 1. The Morgan fingerprint density at radius 3 is 2.26 bits per heavy atom. The Morgan fingerprint density at radius 2 is 1.70 bits per heavy atom. The fraction of sp³-hybridized carbons (Fsp3) is 0.238. The molecule has 0 bridgehead atoms. The Bertz CT molecular complexity index is 908. The molecule has 138 valence electrons. The normalized spacial score (nSPS) is 13.2. The van der Waals surface area contributed by atoms with Gasteiger partial charge in [-0.1, -0.05) is 38.1 Å². The average Bonchev–Trinajstić information content (AvgIpc) is 2.68. The number of amides is 1. The lowest BCUT2D eigenvalue weighted by Crippen LogP contribution is -2.42. The molecule has 0 aliphatic carbocycles. The predicted molar refractivity (Wildman–Crippen MR) is 107 cm³/mol. The first-order valence-corrected chi connectivity index (χ1v) is 8.81. The van der Waals surface area contributed by atoms with E-state index in [9.17, 15) is 4.79 Å². The van der Waals surface area contributed by atoms with Gasteiger partial charge < -0.3 is 11.1 Å². The van der Waals surface area contributed by atoms with Crippen LogP contribution in [0.4, 0.5) is 11.6 Å². The highest BCUT2D eigenvalue weighted by molar-refractivity contribution is 5.99. The van der Waals surface area contributed by atoms with E-state index >= 15 is 0 Å². The summed E-state index contributed by atoms with van der Waals surface area (Å²) in [6, 6.07) is 11.5. The summed E-state index contributed by atoms with van der Waals surface area (Å²) in [5.74, 6) is 0.281. The number of nitrogens with one attached hydrogen (secondary N) is 1. The van der Waals surface area contributed by atoms with E-state index in [-0.39, 0.29) is 17.8 Å². The Hall–Kier alpha value is -3.28. The summed E-state index contributed by atoms with van der Waals surface area (Å²) in [6.07, 6.45) is 6.70. The first-order valence-electron chi connectivity index (χ1n) is 8.81. The van der Waals surface area contributed by atoms with Crippen molar-refractivity contribution in [2.24, 2.45) is 5.92 Å². The molecule has 6 nitrogen and oxygen atoms in total. The van der Waals surface area contributed by atoms with Gasteiger partial charge in [-0.2, -0.15) is 0 Å². The van der Waals surface area contributed by atoms with E-state index in [0.29, 0.717) is 5.69 Å². The highest BCUT2D eigenvalue weighted by Gasteiger charge is 2.38. The zero-order valence-electron chi connectivity index (χ0n) is 15.7. The molecule has 6 heteroatoms. The lowest BCUT2D eigenvalue weighted by molar-refractivity contribution is -0.122. The number of rotatable bonds is 5. The minimum atomic E-state index is -0.689. The molecule has 1 unspecified atom stereocenters. The van der Waals surface area contributed by atoms with E-state index in [1.807, 2.05) is 51.1 Å². The number of carbonyl (C=O) groups excluding carboxylic acids is 1. The Kier molecular flexibility index (Phi) is 5.16. The van der Waals surface area contributed by atoms with Crippen molar-refractivity contribution >= 4 is 17.5 Å². The fourth-order valence-corrected chi connectivity index (χ4v) is 2.92. The molecule has 0 radical (unpaired) electrons. The van der Waals surface area contributed by atoms with Gasteiger partial charge in [-0.05, 0) is 36.1 Å². The second kappa shape index (κ2) is 7.53. The number of pyridine rings is 1. The van der Waals surface area contributed by atoms with Crippen LogP contribution in [-0.4, -0.2) is 20.9 Å². The molecule has 0 aliphatic rings. The zero-order chi connectivity index (χ0) is 19.4. The summed E-state index contributed by atoms with van der Waals surface area (Å²) in [7, 11) is 0. The van der Waals surface area contributed by atoms with Crippen molar-refractivity contribution in [3.63, 3.8) is 0 Å². The highest BCUT2D eigenvalue weighted by Crippen LogP contribution is 2.34. The van der Waals surface area contributed by atoms with Crippen molar-refractivity contribution in [2.45, 2.75) is 26.2 Å². The lowest BCUT2D eigenvalue weighted by atomic mass is 9.72. The van der Waals surface area contributed by atoms with Crippen LogP contribution in [0.25, 0.3) is 11.1 Å². The summed E-state index contributed by atoms with van der Waals surface area (Å²) in [5.41, 5.74) is 8.33. The standard InChI is InChI=1S/C21H23N5O/c1-14(2)21(3,19(27)26-18-5-4-10-23-13-18)17-8-6-15(7-9-17)16-11-24-20(22)25-12-16/h4-14H,1-3H3,(H,26,27)(H2,22,24,25). The monoisotopic (exact) mass is 361 g/mol. The molecule has 0 fully saturated rings. The summed E-state index contributed by atoms with van der Waals surface area (Å²) >= 11 is 0. The first-order chi connectivity index (χ1) is 12.9. The minimum absolute atomic E-state index is 0.0610. The van der Waals surface area contributed by atoms with Crippen molar-refractivity contribution in [3.05, 3.63) is 66.7 Å². The molecule has 3 rings (SSSR count). The number of nitrogens with two attached hydrogens (primary N) is 1. The van der Waals surface area contributed by atoms with E-state index in [4.69, 9.17) is 5.73 Å². The molecule has 1 atom stereocenters. The molecule has 0 saturated heterocycles. The molecule has 3 N–H and O–H groups in total. The molecule has 0 saturated carbocycles. The summed E-state index contributed by atoms with van der Waals surface area (Å²) < 4.78 is 0. The number of hydrogen-bond acceptors (Lipinski definition) is 5. The molecule has 2 aromatic heterocycles. The van der Waals surface area contributed by atoms with Crippen LogP contribution in [0, 0.1) is 5.92 Å². The van der Waals surface area contributed by atoms with Crippen LogP contribution in [0.3, 0.4) is 0 Å². The van der Waals surface area contributed by atoms with Crippen molar-refractivity contribution < 1.29 is 4.79 Å². The molecule has 0 aliphatic heterocycles. The van der Waals surface area contributed by atoms with Crippen LogP contribution < -0.4 is 11.1 Å². The Morgan fingerprint density at radius 1 is 1.04 bits per heavy atom. The van der Waals surface area contributed by atoms with E-state index in [1.54, 1.807) is 30.9 Å². The van der Waals surface area contributed by atoms with Crippen LogP contribution >= 0.6 is 0 Å². The molecule has 3 aromatic rings. The van der Waals surface area contributed by atoms with E-state index in [2.05, 4.69) is 20.3 Å². The molecule has 1 aromatic carbocycles. The third-order valence-electron chi connectivity index (χ3n) is 5.04. The second-order valence-electron chi connectivity index (χ2n) is 6.96. The maximum Gasteiger partial charge on any atom is 0.235 e. The summed E-state index contributed by atoms with van der Waals surface area (Å²) in [4.78, 5) is 25.2. The predicted octanol–water partition coefficient (Wildman–Crippen LogP) is 3.67. The smallest absolute Gasteiger partial charge is 0.235 e. The summed E-state index contributed by atoms with van der Waals surface area (Å²) in [6.45, 7) is 6.06. The number of anilines is 2. The number of aromatic nitrogens is 3. The molecule has 1 amide bonds. The van der Waals surface area contributed by atoms with Gasteiger partial charge in [0.15, 0.2) is 0 Å². The average molecular weight is 361 g/mol. The third-order valence-corrected chi connectivity index (χ3v) is 5.04. The fourth-order valence-electron chi connectivity index (χ4n) is 2.92. The van der Waals surface area contributed by atoms with E-state index < -0.39 is 5.41 Å². The number of nitrogens with zero attached hydrogens (tertiary/aromatic N) is 3. The van der Waals surface area contributed by atoms with E-state index in [1.165, 1.54) is 0 Å². The third kappa shape index (κ3) is 3.79. The maximum atomic E-state index is 13.1. The van der Waals surface area contributed by atoms with E-state index in [0.717, 1.165) is 16.7 Å². The van der Waals surface area contributed by atoms with Crippen molar-refractivity contribution in [1.82, 2.24) is 15.0 Å². The quantitative estimate of drug-likeness (QED) is 0.723. The van der Waals surface area contributed by atoms with Crippen molar-refractivity contribution in [3.8, 4) is 11.1 Å². The van der Waals surface area contributed by atoms with Gasteiger partial charge in [0.25, 0.3) is 0 Å². The molecule has 2 heterocycles. The summed E-state index contributed by atoms with van der Waals surface area (Å²) in [5, 5.41) is 2.98. The number of benzene rings is 1. The molecular weight excluding hydrogens is 338 g/mol. The lowest BCUT2D eigenvalue weighted by Gasteiger charge is -2.33. The largest absolute Gasteiger partial charge is 0.368 e. The van der Waals surface area contributed by atoms with Crippen LogP contribution in [0.15, 0.2) is 61.2 Å². The Balaban J connectivity index is 1.89. The topological polar surface area (TPSA) is 93.8 Å². The van der Waals surface area contributed by atoms with Gasteiger partial charge in [0.2, 0.25) is 11.9 Å². The molecule has 0 spiro atoms. The maximum absolute atomic E-state index is 13.1. The van der Waals surface area contributed by atoms with Crippen molar-refractivity contribution in [2.75, 3.05) is 11.1 Å². The first kappa shape index (κ1) is 18.5. The number of hydrogen-bond donors (Lipinski definition) is 2. The Labute approximate surface area is 158 Å². The van der Waals surface area contributed by atoms with Crippen LogP contribution in [0.1, 0.15) is 26.3 Å². The molecular formula is C21H23N5O. The van der Waals surface area contributed by atoms with Crippen molar-refractivity contribution in [1.29, 1.82) is 0 Å². The SMILES string of the molecule is CC(C)C(C)(C(=O)Nc1cccnc1)c1ccc(-c2cnc(N)nc2)cc1. The van der Waals surface area contributed by atoms with Crippen LogP contribution in [0.2, 0.25) is 0 Å². The molecule has 27 heavy (non-hydrogen) atoms. The van der Waals surface area contributed by atoms with Crippen LogP contribution in [-0.2, 0) is 10.2 Å². The second-order valence-corrected chi connectivity index (χ2v) is 6.96. The van der Waals surface area contributed by atoms with Gasteiger partial charge in [-0.15, -0.1) is 0 Å². The van der Waals surface area contributed by atoms with Crippen LogP contribution in [0.5, 0.6) is 0 Å². The van der Waals surface area contributed by atoms with Gasteiger partial charge in [0, 0.05) is 24.2 Å². The van der Waals surface area contributed by atoms with Gasteiger partial charge in [-0.25, -0.2) is 9.97 Å². The van der Waals surface area contributed by atoms with Gasteiger partial charge in [0.05, 0.1) is 17.3 Å². The highest BCUT2D eigenvalue weighted by atomic mass is 16.2.